The van der Waals surface area contributed by atoms with E-state index in [-0.39, 0.29) is 0 Å². The highest BCUT2D eigenvalue weighted by Gasteiger charge is 2.10. The number of hydrogen-bond acceptors (Lipinski definition) is 4. The zero-order chi connectivity index (χ0) is 12.7. The van der Waals surface area contributed by atoms with Gasteiger partial charge in [0.1, 0.15) is 12.7 Å². The Kier molecular flexibility index (Phi) is 2.28. The summed E-state index contributed by atoms with van der Waals surface area (Å²) in [6.07, 6.45) is 3.07. The molecular formula is C15H9N3S. The van der Waals surface area contributed by atoms with Crippen molar-refractivity contribution in [1.82, 2.24) is 15.0 Å². The Morgan fingerprint density at radius 1 is 0.789 bits per heavy atom. The second kappa shape index (κ2) is 4.10. The van der Waals surface area contributed by atoms with E-state index in [0.717, 1.165) is 11.4 Å². The van der Waals surface area contributed by atoms with Gasteiger partial charge >= 0.3 is 0 Å². The molecule has 0 amide bonds. The molecule has 0 unspecified atom stereocenters. The lowest BCUT2D eigenvalue weighted by Crippen LogP contribution is -1.88. The molecule has 2 heterocycles. The van der Waals surface area contributed by atoms with E-state index >= 15 is 0 Å². The second-order valence-electron chi connectivity index (χ2n) is 4.24. The average Bonchev–Trinajstić information content (AvgIpc) is 2.87. The van der Waals surface area contributed by atoms with E-state index in [1.807, 2.05) is 0 Å². The highest BCUT2D eigenvalue weighted by Crippen LogP contribution is 2.38. The molecule has 2 aromatic heterocycles. The van der Waals surface area contributed by atoms with Gasteiger partial charge in [0.15, 0.2) is 5.82 Å². The third-order valence-corrected chi connectivity index (χ3v) is 4.36. The second-order valence-corrected chi connectivity index (χ2v) is 5.29. The van der Waals surface area contributed by atoms with Crippen LogP contribution in [0.5, 0.6) is 0 Å². The first kappa shape index (κ1) is 10.6. The molecule has 0 aliphatic rings. The van der Waals surface area contributed by atoms with Gasteiger partial charge in [-0.1, -0.05) is 30.3 Å². The number of hydrogen-bond donors (Lipinski definition) is 0. The van der Waals surface area contributed by atoms with Gasteiger partial charge in [0.2, 0.25) is 0 Å². The maximum absolute atomic E-state index is 4.25. The molecule has 0 saturated heterocycles. The summed E-state index contributed by atoms with van der Waals surface area (Å²) in [5, 5.41) is 2.55. The molecule has 0 fully saturated rings. The van der Waals surface area contributed by atoms with Crippen molar-refractivity contribution in [3.8, 4) is 11.4 Å². The van der Waals surface area contributed by atoms with Crippen LogP contribution in [0.3, 0.4) is 0 Å². The van der Waals surface area contributed by atoms with Crippen LogP contribution in [0.25, 0.3) is 31.6 Å². The molecule has 0 atom stereocenters. The maximum Gasteiger partial charge on any atom is 0.164 e. The monoisotopic (exact) mass is 263 g/mol. The lowest BCUT2D eigenvalue weighted by molar-refractivity contribution is 1.06. The third-order valence-electron chi connectivity index (χ3n) is 3.14. The van der Waals surface area contributed by atoms with Crippen molar-refractivity contribution >= 4 is 31.5 Å². The Balaban J connectivity index is 2.13. The van der Waals surface area contributed by atoms with Crippen LogP contribution in [0, 0.1) is 0 Å². The molecule has 4 heteroatoms. The largest absolute Gasteiger partial charge is 0.225 e. The summed E-state index contributed by atoms with van der Waals surface area (Å²) in [4.78, 5) is 12.4. The Morgan fingerprint density at radius 2 is 1.58 bits per heavy atom. The zero-order valence-electron chi connectivity index (χ0n) is 9.95. The summed E-state index contributed by atoms with van der Waals surface area (Å²) in [6.45, 7) is 0. The normalized spacial score (nSPS) is 11.2. The topological polar surface area (TPSA) is 38.7 Å². The fourth-order valence-corrected chi connectivity index (χ4v) is 3.51. The summed E-state index contributed by atoms with van der Waals surface area (Å²) >= 11 is 1.78. The SMILES string of the molecule is c1ccc2c(c1)sc1c(-c3ncncn3)cccc12. The van der Waals surface area contributed by atoms with E-state index in [2.05, 4.69) is 57.4 Å². The molecule has 0 aliphatic carbocycles. The summed E-state index contributed by atoms with van der Waals surface area (Å²) in [5.74, 6) is 0.729. The molecule has 0 aliphatic heterocycles. The minimum atomic E-state index is 0.729. The van der Waals surface area contributed by atoms with Gasteiger partial charge in [-0.15, -0.1) is 11.3 Å². The fraction of sp³-hybridized carbons (Fsp3) is 0. The van der Waals surface area contributed by atoms with Crippen LogP contribution in [0.4, 0.5) is 0 Å². The quantitative estimate of drug-likeness (QED) is 0.522. The van der Waals surface area contributed by atoms with Gasteiger partial charge in [-0.3, -0.25) is 0 Å². The van der Waals surface area contributed by atoms with Gasteiger partial charge in [0.25, 0.3) is 0 Å². The number of benzene rings is 2. The van der Waals surface area contributed by atoms with Crippen molar-refractivity contribution in [3.63, 3.8) is 0 Å². The molecule has 0 spiro atoms. The first-order chi connectivity index (χ1) is 9.43. The van der Waals surface area contributed by atoms with E-state index in [1.165, 1.54) is 32.8 Å². The Labute approximate surface area is 113 Å². The molecule has 90 valence electrons. The molecule has 0 N–H and O–H groups in total. The van der Waals surface area contributed by atoms with Gasteiger partial charge in [0, 0.05) is 25.7 Å². The van der Waals surface area contributed by atoms with Crippen molar-refractivity contribution < 1.29 is 0 Å². The van der Waals surface area contributed by atoms with Gasteiger partial charge in [0.05, 0.1) is 0 Å². The molecule has 19 heavy (non-hydrogen) atoms. The average molecular weight is 263 g/mol. The highest BCUT2D eigenvalue weighted by atomic mass is 32.1. The molecule has 0 saturated carbocycles. The third kappa shape index (κ3) is 1.61. The minimum absolute atomic E-state index is 0.729. The van der Waals surface area contributed by atoms with Gasteiger partial charge in [-0.2, -0.15) is 0 Å². The molecule has 0 radical (unpaired) electrons. The van der Waals surface area contributed by atoms with Crippen molar-refractivity contribution in [3.05, 3.63) is 55.1 Å². The van der Waals surface area contributed by atoms with Crippen molar-refractivity contribution in [2.45, 2.75) is 0 Å². The predicted octanol–water partition coefficient (Wildman–Crippen LogP) is 3.91. The number of aromatic nitrogens is 3. The molecule has 0 bridgehead atoms. The summed E-state index contributed by atoms with van der Waals surface area (Å²) in [5.41, 5.74) is 1.07. The Morgan fingerprint density at radius 3 is 2.47 bits per heavy atom. The van der Waals surface area contributed by atoms with Crippen LogP contribution in [0.1, 0.15) is 0 Å². The van der Waals surface area contributed by atoms with Gasteiger partial charge < -0.3 is 0 Å². The number of nitrogens with zero attached hydrogens (tertiary/aromatic N) is 3. The van der Waals surface area contributed by atoms with E-state index in [1.54, 1.807) is 11.3 Å². The van der Waals surface area contributed by atoms with Crippen LogP contribution in [-0.2, 0) is 0 Å². The lowest BCUT2D eigenvalue weighted by Gasteiger charge is -2.00. The van der Waals surface area contributed by atoms with Crippen LogP contribution in [-0.4, -0.2) is 15.0 Å². The van der Waals surface area contributed by atoms with Crippen LogP contribution in [0.15, 0.2) is 55.1 Å². The number of thiophene rings is 1. The molecule has 2 aromatic carbocycles. The predicted molar refractivity (Wildman–Crippen MR) is 78.2 cm³/mol. The van der Waals surface area contributed by atoms with E-state index in [0.29, 0.717) is 0 Å². The van der Waals surface area contributed by atoms with E-state index < -0.39 is 0 Å². The molecular weight excluding hydrogens is 254 g/mol. The number of fused-ring (bicyclic) bond motifs is 3. The first-order valence-corrected chi connectivity index (χ1v) is 6.78. The molecule has 4 rings (SSSR count). The molecule has 4 aromatic rings. The minimum Gasteiger partial charge on any atom is -0.225 e. The van der Waals surface area contributed by atoms with Gasteiger partial charge in [-0.05, 0) is 12.1 Å². The Hall–Kier alpha value is -2.33. The van der Waals surface area contributed by atoms with E-state index in [4.69, 9.17) is 0 Å². The van der Waals surface area contributed by atoms with Crippen LogP contribution >= 0.6 is 11.3 Å². The first-order valence-electron chi connectivity index (χ1n) is 5.96. The van der Waals surface area contributed by atoms with Crippen molar-refractivity contribution in [1.29, 1.82) is 0 Å². The standard InChI is InChI=1S/C15H9N3S/c1-2-7-13-10(4-1)11-5-3-6-12(14(11)19-13)15-17-8-16-9-18-15/h1-9H. The fourth-order valence-electron chi connectivity index (χ4n) is 2.30. The van der Waals surface area contributed by atoms with E-state index in [9.17, 15) is 0 Å². The summed E-state index contributed by atoms with van der Waals surface area (Å²) in [6, 6.07) is 14.7. The smallest absolute Gasteiger partial charge is 0.164 e. The summed E-state index contributed by atoms with van der Waals surface area (Å²) in [7, 11) is 0. The summed E-state index contributed by atoms with van der Waals surface area (Å²) < 4.78 is 2.52. The Bertz CT molecular complexity index is 868. The number of rotatable bonds is 1. The van der Waals surface area contributed by atoms with Crippen molar-refractivity contribution in [2.24, 2.45) is 0 Å². The highest BCUT2D eigenvalue weighted by molar-refractivity contribution is 7.26. The van der Waals surface area contributed by atoms with Crippen LogP contribution in [0.2, 0.25) is 0 Å². The molecule has 3 nitrogen and oxygen atoms in total. The van der Waals surface area contributed by atoms with Crippen molar-refractivity contribution in [2.75, 3.05) is 0 Å². The lowest BCUT2D eigenvalue weighted by atomic mass is 10.1. The zero-order valence-corrected chi connectivity index (χ0v) is 10.8. The van der Waals surface area contributed by atoms with Gasteiger partial charge in [-0.25, -0.2) is 15.0 Å². The van der Waals surface area contributed by atoms with Crippen LogP contribution < -0.4 is 0 Å². The maximum atomic E-state index is 4.25.